The first-order chi connectivity index (χ1) is 28.7. The highest BCUT2D eigenvalue weighted by atomic mass is 16.3. The van der Waals surface area contributed by atoms with Gasteiger partial charge in [-0.2, -0.15) is 0 Å². The molecular weight excluding hydrogens is 709 g/mol. The zero-order valence-electron chi connectivity index (χ0n) is 31.4. The Kier molecular flexibility index (Phi) is 7.14. The van der Waals surface area contributed by atoms with Gasteiger partial charge in [-0.15, -0.1) is 0 Å². The molecule has 1 aliphatic carbocycles. The summed E-state index contributed by atoms with van der Waals surface area (Å²) in [6.45, 7) is 0. The van der Waals surface area contributed by atoms with Gasteiger partial charge in [-0.3, -0.25) is 0 Å². The molecule has 2 aromatic heterocycles. The lowest BCUT2D eigenvalue weighted by molar-refractivity contribution is 0.669. The first-order valence-corrected chi connectivity index (χ1v) is 19.7. The summed E-state index contributed by atoms with van der Waals surface area (Å²) in [4.78, 5) is 17.2. The summed E-state index contributed by atoms with van der Waals surface area (Å²) in [6.07, 6.45) is 0.919. The average molecular weight is 743 g/mol. The van der Waals surface area contributed by atoms with Crippen LogP contribution in [-0.2, 0) is 11.8 Å². The third kappa shape index (κ3) is 4.80. The maximum atomic E-state index is 6.76. The minimum absolute atomic E-state index is 0.467. The first kappa shape index (κ1) is 32.6. The summed E-state index contributed by atoms with van der Waals surface area (Å²) in [7, 11) is 0. The molecule has 1 spiro atoms. The molecule has 58 heavy (non-hydrogen) atoms. The Balaban J connectivity index is 1.01. The number of hydrogen-bond acceptors (Lipinski definition) is 5. The van der Waals surface area contributed by atoms with Gasteiger partial charge in [-0.05, 0) is 76.2 Å². The van der Waals surface area contributed by atoms with Crippen molar-refractivity contribution in [3.8, 4) is 34.2 Å². The third-order valence-corrected chi connectivity index (χ3v) is 12.0. The van der Waals surface area contributed by atoms with E-state index in [1.807, 2.05) is 60.7 Å². The Morgan fingerprint density at radius 2 is 0.845 bits per heavy atom. The quantitative estimate of drug-likeness (QED) is 0.180. The van der Waals surface area contributed by atoms with E-state index in [0.717, 1.165) is 62.1 Å². The Bertz CT molecular complexity index is 3070. The molecule has 0 bridgehead atoms. The lowest BCUT2D eigenvalue weighted by atomic mass is 9.58. The lowest BCUT2D eigenvalue weighted by Crippen LogP contribution is -2.41. The van der Waals surface area contributed by atoms with Crippen molar-refractivity contribution in [2.24, 2.45) is 0 Å². The van der Waals surface area contributed by atoms with Crippen molar-refractivity contribution in [1.82, 2.24) is 15.0 Å². The van der Waals surface area contributed by atoms with E-state index < -0.39 is 5.41 Å². The van der Waals surface area contributed by atoms with E-state index in [1.54, 1.807) is 0 Å². The van der Waals surface area contributed by atoms with Crippen LogP contribution in [0.1, 0.15) is 33.4 Å². The fraction of sp³-hybridized carbons (Fsp3) is 0.0377. The van der Waals surface area contributed by atoms with Gasteiger partial charge < -0.3 is 9.32 Å². The van der Waals surface area contributed by atoms with Crippen LogP contribution in [0.5, 0.6) is 0 Å². The van der Waals surface area contributed by atoms with Crippen LogP contribution in [0, 0.1) is 0 Å². The van der Waals surface area contributed by atoms with Gasteiger partial charge in [0, 0.05) is 39.2 Å². The summed E-state index contributed by atoms with van der Waals surface area (Å²) in [5, 5.41) is 2.10. The summed E-state index contributed by atoms with van der Waals surface area (Å²) < 4.78 is 6.76. The molecule has 0 saturated heterocycles. The van der Waals surface area contributed by atoms with Gasteiger partial charge in [-0.25, -0.2) is 15.0 Å². The van der Waals surface area contributed by atoms with E-state index in [2.05, 4.69) is 138 Å². The second kappa shape index (κ2) is 12.7. The highest BCUT2D eigenvalue weighted by molar-refractivity contribution is 6.07. The van der Waals surface area contributed by atoms with Crippen LogP contribution >= 0.6 is 0 Å². The van der Waals surface area contributed by atoms with Crippen LogP contribution in [0.2, 0.25) is 0 Å². The van der Waals surface area contributed by atoms with Crippen LogP contribution < -0.4 is 4.90 Å². The Labute approximate surface area is 335 Å². The molecule has 8 aromatic carbocycles. The largest absolute Gasteiger partial charge is 0.456 e. The van der Waals surface area contributed by atoms with Gasteiger partial charge in [0.2, 0.25) is 0 Å². The van der Waals surface area contributed by atoms with E-state index in [4.69, 9.17) is 19.4 Å². The number of rotatable bonds is 4. The fourth-order valence-corrected chi connectivity index (χ4v) is 9.52. The standard InChI is InChI=1S/C53H34N4O/c1-3-15-34(16-4-1)50-54-51(35-17-5-2-6-18-35)56-52(55-50)38-27-29-40-41-30-28-39(33-49(41)58-48(40)32-38)57-46-25-13-11-23-44(46)53(45-24-12-14-26-47(45)57)42-21-9-7-19-36(42)31-37-20-8-10-22-43(37)53/h1-30,32-33H,31H2. The van der Waals surface area contributed by atoms with Crippen LogP contribution in [-0.4, -0.2) is 15.0 Å². The predicted octanol–water partition coefficient (Wildman–Crippen LogP) is 12.8. The van der Waals surface area contributed by atoms with E-state index in [-0.39, 0.29) is 0 Å². The molecule has 1 aliphatic heterocycles. The van der Waals surface area contributed by atoms with Crippen LogP contribution in [0.25, 0.3) is 56.1 Å². The second-order valence-corrected chi connectivity index (χ2v) is 15.1. The smallest absolute Gasteiger partial charge is 0.164 e. The minimum Gasteiger partial charge on any atom is -0.456 e. The van der Waals surface area contributed by atoms with Crippen LogP contribution in [0.3, 0.4) is 0 Å². The molecule has 0 atom stereocenters. The Morgan fingerprint density at radius 3 is 1.41 bits per heavy atom. The fourth-order valence-electron chi connectivity index (χ4n) is 9.52. The Morgan fingerprint density at radius 1 is 0.397 bits per heavy atom. The topological polar surface area (TPSA) is 55.1 Å². The van der Waals surface area contributed by atoms with Crippen molar-refractivity contribution < 1.29 is 4.42 Å². The third-order valence-electron chi connectivity index (χ3n) is 12.0. The summed E-state index contributed by atoms with van der Waals surface area (Å²) in [5.41, 5.74) is 15.2. The zero-order chi connectivity index (χ0) is 38.2. The Hall–Kier alpha value is -7.63. The second-order valence-electron chi connectivity index (χ2n) is 15.1. The van der Waals surface area contributed by atoms with E-state index in [1.165, 1.54) is 33.4 Å². The lowest BCUT2D eigenvalue weighted by Gasteiger charge is -2.49. The van der Waals surface area contributed by atoms with Gasteiger partial charge >= 0.3 is 0 Å². The monoisotopic (exact) mass is 742 g/mol. The summed E-state index contributed by atoms with van der Waals surface area (Å²) in [6, 6.07) is 68.9. The molecule has 10 aromatic rings. The number of nitrogens with zero attached hydrogens (tertiary/aromatic N) is 4. The molecule has 2 aliphatic rings. The molecule has 0 fully saturated rings. The van der Waals surface area contributed by atoms with Crippen molar-refractivity contribution in [3.05, 3.63) is 228 Å². The SMILES string of the molecule is c1ccc(-c2nc(-c3ccccc3)nc(-c3ccc4c(c3)oc3cc(N5c6ccccc6C6(c7ccccc7Cc7ccccc76)c6ccccc65)ccc34)n2)cc1. The minimum atomic E-state index is -0.467. The average Bonchev–Trinajstić information content (AvgIpc) is 3.66. The van der Waals surface area contributed by atoms with Gasteiger partial charge in [0.1, 0.15) is 11.2 Å². The maximum absolute atomic E-state index is 6.76. The number of para-hydroxylation sites is 2. The van der Waals surface area contributed by atoms with Crippen molar-refractivity contribution in [3.63, 3.8) is 0 Å². The van der Waals surface area contributed by atoms with Crippen LogP contribution in [0.15, 0.2) is 199 Å². The molecule has 0 amide bonds. The molecule has 0 saturated carbocycles. The molecule has 272 valence electrons. The van der Waals surface area contributed by atoms with Gasteiger partial charge in [0.15, 0.2) is 17.5 Å². The number of furan rings is 1. The highest BCUT2D eigenvalue weighted by Gasteiger charge is 2.49. The van der Waals surface area contributed by atoms with E-state index >= 15 is 0 Å². The maximum Gasteiger partial charge on any atom is 0.164 e. The van der Waals surface area contributed by atoms with E-state index in [0.29, 0.717) is 17.5 Å². The van der Waals surface area contributed by atoms with Crippen molar-refractivity contribution in [2.45, 2.75) is 11.8 Å². The summed E-state index contributed by atoms with van der Waals surface area (Å²) >= 11 is 0. The van der Waals surface area contributed by atoms with Gasteiger partial charge in [0.05, 0.1) is 16.8 Å². The van der Waals surface area contributed by atoms with E-state index in [9.17, 15) is 0 Å². The van der Waals surface area contributed by atoms with Crippen molar-refractivity contribution >= 4 is 39.0 Å². The molecular formula is C53H34N4O. The van der Waals surface area contributed by atoms with Crippen LogP contribution in [0.4, 0.5) is 17.1 Å². The number of fused-ring (bicyclic) bond motifs is 11. The molecule has 3 heterocycles. The van der Waals surface area contributed by atoms with Gasteiger partial charge in [0.25, 0.3) is 0 Å². The van der Waals surface area contributed by atoms with Gasteiger partial charge in [-0.1, -0.05) is 152 Å². The number of benzene rings is 8. The van der Waals surface area contributed by atoms with Crippen molar-refractivity contribution in [1.29, 1.82) is 0 Å². The summed E-state index contributed by atoms with van der Waals surface area (Å²) in [5.74, 6) is 1.85. The number of aromatic nitrogens is 3. The molecule has 5 heteroatoms. The molecule has 5 nitrogen and oxygen atoms in total. The first-order valence-electron chi connectivity index (χ1n) is 19.7. The molecule has 0 radical (unpaired) electrons. The highest BCUT2D eigenvalue weighted by Crippen LogP contribution is 2.60. The predicted molar refractivity (Wildman–Crippen MR) is 233 cm³/mol. The number of anilines is 3. The number of hydrogen-bond donors (Lipinski definition) is 0. The molecule has 0 unspecified atom stereocenters. The molecule has 0 N–H and O–H groups in total. The molecule has 12 rings (SSSR count). The van der Waals surface area contributed by atoms with Crippen molar-refractivity contribution in [2.75, 3.05) is 4.90 Å². The normalized spacial score (nSPS) is 13.6. The zero-order valence-corrected chi connectivity index (χ0v) is 31.4.